The van der Waals surface area contributed by atoms with Gasteiger partial charge < -0.3 is 16.0 Å². The normalized spacial score (nSPS) is 9.94. The third kappa shape index (κ3) is 2.39. The number of nitrogen functional groups attached to an aromatic ring is 2. The summed E-state index contributed by atoms with van der Waals surface area (Å²) in [6.45, 7) is 7.03. The number of nitrogens with two attached hydrogens (primary N) is 2. The zero-order valence-corrected chi connectivity index (χ0v) is 9.94. The van der Waals surface area contributed by atoms with Gasteiger partial charge in [-0.2, -0.15) is 9.97 Å². The average Bonchev–Trinajstić information content (AvgIpc) is 2.62. The van der Waals surface area contributed by atoms with Crippen LogP contribution in [0.3, 0.4) is 0 Å². The Morgan fingerprint density at radius 3 is 2.38 bits per heavy atom. The molecular formula is C10H18N6. The molecule has 0 aromatic carbocycles. The van der Waals surface area contributed by atoms with Crippen molar-refractivity contribution in [2.75, 3.05) is 11.5 Å². The second kappa shape index (κ2) is 5.29. The molecule has 0 atom stereocenters. The number of hydrogen-bond acceptors (Lipinski definition) is 5. The quantitative estimate of drug-likeness (QED) is 0.760. The molecular weight excluding hydrogens is 204 g/mol. The maximum absolute atomic E-state index is 5.62. The Morgan fingerprint density at radius 1 is 1.19 bits per heavy atom. The molecule has 16 heavy (non-hydrogen) atoms. The minimum atomic E-state index is 0.181. The Hall–Kier alpha value is -1.85. The summed E-state index contributed by atoms with van der Waals surface area (Å²) in [6, 6.07) is 0. The highest BCUT2D eigenvalue weighted by atomic mass is 15.2. The number of imidazole rings is 1. The molecule has 0 aliphatic heterocycles. The molecule has 88 valence electrons. The Bertz CT molecular complexity index is 462. The maximum Gasteiger partial charge on any atom is 0.224 e. The molecule has 6 nitrogen and oxygen atoms in total. The fraction of sp³-hybridized carbons (Fsp3) is 0.500. The van der Waals surface area contributed by atoms with Crippen molar-refractivity contribution in [3.63, 3.8) is 0 Å². The lowest BCUT2D eigenvalue weighted by Crippen LogP contribution is -2.02. The zero-order chi connectivity index (χ0) is 12.1. The van der Waals surface area contributed by atoms with Gasteiger partial charge in [0.1, 0.15) is 5.52 Å². The highest BCUT2D eigenvalue weighted by Crippen LogP contribution is 2.16. The molecule has 0 spiro atoms. The van der Waals surface area contributed by atoms with E-state index >= 15 is 0 Å². The van der Waals surface area contributed by atoms with Gasteiger partial charge in [0.15, 0.2) is 11.5 Å². The number of fused-ring (bicyclic) bond motifs is 1. The monoisotopic (exact) mass is 222 g/mol. The minimum Gasteiger partial charge on any atom is -0.382 e. The summed E-state index contributed by atoms with van der Waals surface area (Å²) in [5, 5.41) is 0. The highest BCUT2D eigenvalue weighted by molar-refractivity contribution is 5.82. The summed E-state index contributed by atoms with van der Waals surface area (Å²) in [4.78, 5) is 12.0. The van der Waals surface area contributed by atoms with Crippen LogP contribution in [0.25, 0.3) is 11.2 Å². The number of nitrogens with zero attached hydrogens (tertiary/aromatic N) is 4. The van der Waals surface area contributed by atoms with E-state index in [0.29, 0.717) is 17.0 Å². The molecule has 2 rings (SSSR count). The SMILES string of the molecule is CCC.CCn1cnc2c(N)nc(N)nc21. The van der Waals surface area contributed by atoms with Crippen LogP contribution in [0.2, 0.25) is 0 Å². The molecule has 2 aromatic heterocycles. The van der Waals surface area contributed by atoms with Gasteiger partial charge in [0.25, 0.3) is 0 Å². The lowest BCUT2D eigenvalue weighted by atomic mass is 10.5. The smallest absolute Gasteiger partial charge is 0.224 e. The molecule has 4 N–H and O–H groups in total. The molecule has 0 amide bonds. The standard InChI is InChI=1S/C7H10N6.C3H8/c1-2-13-3-10-4-5(8)11-7(9)12-6(4)13;1-3-2/h3H,2H2,1H3,(H4,8,9,11,12);3H2,1-2H3. The first-order valence-electron chi connectivity index (χ1n) is 5.37. The number of aryl methyl sites for hydroxylation is 1. The van der Waals surface area contributed by atoms with Crippen molar-refractivity contribution in [3.05, 3.63) is 6.33 Å². The number of aromatic nitrogens is 4. The van der Waals surface area contributed by atoms with Gasteiger partial charge in [-0.1, -0.05) is 20.3 Å². The summed E-state index contributed by atoms with van der Waals surface area (Å²) in [7, 11) is 0. The maximum atomic E-state index is 5.62. The average molecular weight is 222 g/mol. The van der Waals surface area contributed by atoms with Gasteiger partial charge in [0.2, 0.25) is 5.95 Å². The summed E-state index contributed by atoms with van der Waals surface area (Å²) in [5.74, 6) is 0.509. The minimum absolute atomic E-state index is 0.181. The molecule has 0 unspecified atom stereocenters. The Morgan fingerprint density at radius 2 is 1.81 bits per heavy atom. The summed E-state index contributed by atoms with van der Waals surface area (Å²) < 4.78 is 1.86. The molecule has 0 aliphatic carbocycles. The van der Waals surface area contributed by atoms with Crippen LogP contribution >= 0.6 is 0 Å². The molecule has 0 saturated carbocycles. The van der Waals surface area contributed by atoms with E-state index in [1.165, 1.54) is 6.42 Å². The van der Waals surface area contributed by atoms with Crippen molar-refractivity contribution in [1.29, 1.82) is 0 Å². The largest absolute Gasteiger partial charge is 0.382 e. The third-order valence-corrected chi connectivity index (χ3v) is 1.85. The van der Waals surface area contributed by atoms with Crippen LogP contribution in [-0.2, 0) is 6.54 Å². The number of hydrogen-bond donors (Lipinski definition) is 2. The summed E-state index contributed by atoms with van der Waals surface area (Å²) in [5.41, 5.74) is 12.4. The van der Waals surface area contributed by atoms with Crippen molar-refractivity contribution in [1.82, 2.24) is 19.5 Å². The first-order valence-corrected chi connectivity index (χ1v) is 5.37. The molecule has 2 heterocycles. The van der Waals surface area contributed by atoms with Crippen LogP contribution in [0.1, 0.15) is 27.2 Å². The van der Waals surface area contributed by atoms with Gasteiger partial charge in [0, 0.05) is 6.54 Å². The molecule has 0 radical (unpaired) electrons. The molecule has 0 fully saturated rings. The molecule has 0 bridgehead atoms. The van der Waals surface area contributed by atoms with Crippen LogP contribution in [-0.4, -0.2) is 19.5 Å². The van der Waals surface area contributed by atoms with Gasteiger partial charge in [-0.25, -0.2) is 4.98 Å². The van der Waals surface area contributed by atoms with Crippen molar-refractivity contribution < 1.29 is 0 Å². The zero-order valence-electron chi connectivity index (χ0n) is 9.94. The van der Waals surface area contributed by atoms with E-state index in [0.717, 1.165) is 6.54 Å². The van der Waals surface area contributed by atoms with Crippen LogP contribution in [0.5, 0.6) is 0 Å². The Kier molecular flexibility index (Phi) is 4.04. The molecule has 2 aromatic rings. The topological polar surface area (TPSA) is 95.6 Å². The lowest BCUT2D eigenvalue weighted by molar-refractivity contribution is 0.778. The molecule has 6 heteroatoms. The van der Waals surface area contributed by atoms with E-state index in [-0.39, 0.29) is 5.95 Å². The van der Waals surface area contributed by atoms with Crippen molar-refractivity contribution >= 4 is 22.9 Å². The molecule has 0 aliphatic rings. The summed E-state index contributed by atoms with van der Waals surface area (Å²) >= 11 is 0. The van der Waals surface area contributed by atoms with Gasteiger partial charge in [0.05, 0.1) is 6.33 Å². The van der Waals surface area contributed by atoms with Crippen molar-refractivity contribution in [2.45, 2.75) is 33.7 Å². The Balaban J connectivity index is 0.000000386. The predicted molar refractivity (Wildman–Crippen MR) is 65.8 cm³/mol. The first-order chi connectivity index (χ1) is 7.63. The van der Waals surface area contributed by atoms with E-state index < -0.39 is 0 Å². The van der Waals surface area contributed by atoms with Gasteiger partial charge in [-0.3, -0.25) is 0 Å². The fourth-order valence-electron chi connectivity index (χ4n) is 1.22. The van der Waals surface area contributed by atoms with Crippen LogP contribution < -0.4 is 11.5 Å². The highest BCUT2D eigenvalue weighted by Gasteiger charge is 2.07. The van der Waals surface area contributed by atoms with Crippen molar-refractivity contribution in [2.24, 2.45) is 0 Å². The van der Waals surface area contributed by atoms with Crippen LogP contribution in [0.4, 0.5) is 11.8 Å². The summed E-state index contributed by atoms with van der Waals surface area (Å²) in [6.07, 6.45) is 2.93. The van der Waals surface area contributed by atoms with E-state index in [4.69, 9.17) is 11.5 Å². The van der Waals surface area contributed by atoms with E-state index in [1.807, 2.05) is 11.5 Å². The van der Waals surface area contributed by atoms with Gasteiger partial charge >= 0.3 is 0 Å². The first kappa shape index (κ1) is 12.2. The lowest BCUT2D eigenvalue weighted by Gasteiger charge is -1.99. The second-order valence-corrected chi connectivity index (χ2v) is 3.38. The van der Waals surface area contributed by atoms with E-state index in [1.54, 1.807) is 6.33 Å². The van der Waals surface area contributed by atoms with Crippen molar-refractivity contribution in [3.8, 4) is 0 Å². The van der Waals surface area contributed by atoms with Crippen LogP contribution in [0.15, 0.2) is 6.33 Å². The second-order valence-electron chi connectivity index (χ2n) is 3.38. The predicted octanol–water partition coefficient (Wildman–Crippen LogP) is 1.43. The fourth-order valence-corrected chi connectivity index (χ4v) is 1.22. The third-order valence-electron chi connectivity index (χ3n) is 1.85. The number of anilines is 2. The molecule has 0 saturated heterocycles. The van der Waals surface area contributed by atoms with E-state index in [9.17, 15) is 0 Å². The van der Waals surface area contributed by atoms with Gasteiger partial charge in [-0.15, -0.1) is 0 Å². The number of rotatable bonds is 1. The van der Waals surface area contributed by atoms with Crippen LogP contribution in [0, 0.1) is 0 Å². The Labute approximate surface area is 94.7 Å². The van der Waals surface area contributed by atoms with E-state index in [2.05, 4.69) is 28.8 Å². The van der Waals surface area contributed by atoms with Gasteiger partial charge in [-0.05, 0) is 6.92 Å².